The van der Waals surface area contributed by atoms with Crippen LogP contribution in [0.1, 0.15) is 55.6 Å². The minimum atomic E-state index is -1.37. The molecule has 38 heavy (non-hydrogen) atoms. The van der Waals surface area contributed by atoms with Crippen LogP contribution in [0.3, 0.4) is 0 Å². The van der Waals surface area contributed by atoms with Gasteiger partial charge in [0.2, 0.25) is 5.95 Å². The Labute approximate surface area is 221 Å². The molecule has 0 radical (unpaired) electrons. The Hall–Kier alpha value is -4.30. The molecule has 0 unspecified atom stereocenters. The van der Waals surface area contributed by atoms with Crippen molar-refractivity contribution >= 4 is 23.5 Å². The summed E-state index contributed by atoms with van der Waals surface area (Å²) in [5.74, 6) is -0.142. The molecule has 11 heteroatoms. The summed E-state index contributed by atoms with van der Waals surface area (Å²) >= 11 is 0. The van der Waals surface area contributed by atoms with Gasteiger partial charge in [-0.25, -0.2) is 9.97 Å². The standard InChI is InChI=1S/C27H32N8O3/c1-17-14-29-26(33-23(17)19-5-7-20(8-6-19)24(36)31-18(2)13-28)32-21-15-30-35(16-21)22-9-11-34(12-10-22)25(37)27(3,4)38/h5-8,14-16,18,22,38H,9-12H2,1-4H3,(H,31,36)(H,29,32,33)/t18-/m1/s1. The van der Waals surface area contributed by atoms with Gasteiger partial charge in [-0.15, -0.1) is 0 Å². The van der Waals surface area contributed by atoms with E-state index in [2.05, 4.69) is 25.7 Å². The number of hydrogen-bond acceptors (Lipinski definition) is 8. The Kier molecular flexibility index (Phi) is 7.73. The fourth-order valence-electron chi connectivity index (χ4n) is 4.34. The number of piperidine rings is 1. The molecule has 198 valence electrons. The number of nitrogens with zero attached hydrogens (tertiary/aromatic N) is 6. The largest absolute Gasteiger partial charge is 0.381 e. The van der Waals surface area contributed by atoms with Gasteiger partial charge in [0, 0.05) is 36.6 Å². The van der Waals surface area contributed by atoms with Crippen LogP contribution in [0.25, 0.3) is 11.3 Å². The van der Waals surface area contributed by atoms with Crippen LogP contribution in [0.5, 0.6) is 0 Å². The third kappa shape index (κ3) is 6.15. The number of aromatic nitrogens is 4. The topological polar surface area (TPSA) is 149 Å². The number of aryl methyl sites for hydroxylation is 1. The van der Waals surface area contributed by atoms with Crippen molar-refractivity contribution in [2.75, 3.05) is 18.4 Å². The Bertz CT molecular complexity index is 1350. The highest BCUT2D eigenvalue weighted by Crippen LogP contribution is 2.27. The van der Waals surface area contributed by atoms with Gasteiger partial charge in [0.25, 0.3) is 11.8 Å². The second-order valence-corrected chi connectivity index (χ2v) is 10.0. The molecule has 11 nitrogen and oxygen atoms in total. The highest BCUT2D eigenvalue weighted by atomic mass is 16.3. The van der Waals surface area contributed by atoms with Gasteiger partial charge < -0.3 is 20.6 Å². The Morgan fingerprint density at radius 3 is 2.50 bits per heavy atom. The Morgan fingerprint density at radius 2 is 1.87 bits per heavy atom. The number of nitriles is 1. The summed E-state index contributed by atoms with van der Waals surface area (Å²) in [5, 5.41) is 29.2. The molecule has 1 aliphatic heterocycles. The summed E-state index contributed by atoms with van der Waals surface area (Å²) in [6.07, 6.45) is 6.85. The first-order chi connectivity index (χ1) is 18.0. The zero-order valence-electron chi connectivity index (χ0n) is 22.0. The summed E-state index contributed by atoms with van der Waals surface area (Å²) in [7, 11) is 0. The Balaban J connectivity index is 1.41. The number of nitrogens with one attached hydrogen (secondary N) is 2. The summed E-state index contributed by atoms with van der Waals surface area (Å²) in [4.78, 5) is 35.4. The van der Waals surface area contributed by atoms with Crippen LogP contribution in [-0.4, -0.2) is 66.3 Å². The number of hydrogen-bond donors (Lipinski definition) is 3. The van der Waals surface area contributed by atoms with E-state index in [1.54, 1.807) is 36.4 Å². The van der Waals surface area contributed by atoms with Crippen LogP contribution >= 0.6 is 0 Å². The van der Waals surface area contributed by atoms with Crippen molar-refractivity contribution in [3.63, 3.8) is 0 Å². The number of carbonyl (C=O) groups excluding carboxylic acids is 2. The average Bonchev–Trinajstić information content (AvgIpc) is 3.37. The summed E-state index contributed by atoms with van der Waals surface area (Å²) < 4.78 is 1.89. The third-order valence-corrected chi connectivity index (χ3v) is 6.44. The van der Waals surface area contributed by atoms with Crippen molar-refractivity contribution in [3.05, 3.63) is 54.0 Å². The minimum Gasteiger partial charge on any atom is -0.381 e. The van der Waals surface area contributed by atoms with E-state index in [4.69, 9.17) is 5.26 Å². The maximum absolute atomic E-state index is 12.3. The van der Waals surface area contributed by atoms with Gasteiger partial charge in [-0.2, -0.15) is 10.4 Å². The monoisotopic (exact) mass is 516 g/mol. The van der Waals surface area contributed by atoms with Crippen LogP contribution < -0.4 is 10.6 Å². The molecule has 3 aromatic rings. The van der Waals surface area contributed by atoms with E-state index in [1.165, 1.54) is 13.8 Å². The molecule has 3 N–H and O–H groups in total. The molecule has 0 aliphatic carbocycles. The normalized spacial score (nSPS) is 15.0. The minimum absolute atomic E-state index is 0.151. The third-order valence-electron chi connectivity index (χ3n) is 6.44. The fraction of sp³-hybridized carbons (Fsp3) is 0.407. The smallest absolute Gasteiger partial charge is 0.253 e. The maximum atomic E-state index is 12.3. The molecule has 2 aromatic heterocycles. The van der Waals surface area contributed by atoms with Crippen LogP contribution in [-0.2, 0) is 4.79 Å². The average molecular weight is 517 g/mol. The second-order valence-electron chi connectivity index (χ2n) is 10.0. The molecule has 1 aliphatic rings. The number of amides is 2. The van der Waals surface area contributed by atoms with E-state index < -0.39 is 11.6 Å². The van der Waals surface area contributed by atoms with Crippen LogP contribution in [0, 0.1) is 18.3 Å². The second kappa shape index (κ2) is 11.0. The van der Waals surface area contributed by atoms with Gasteiger partial charge in [-0.3, -0.25) is 14.3 Å². The molecule has 0 spiro atoms. The first kappa shape index (κ1) is 26.8. The lowest BCUT2D eigenvalue weighted by molar-refractivity contribution is -0.149. The molecule has 4 rings (SSSR count). The number of carbonyl (C=O) groups is 2. The molecule has 2 amide bonds. The lowest BCUT2D eigenvalue weighted by Crippen LogP contribution is -2.48. The number of anilines is 2. The van der Waals surface area contributed by atoms with Crippen LogP contribution in [0.4, 0.5) is 11.6 Å². The van der Waals surface area contributed by atoms with Crippen LogP contribution in [0.2, 0.25) is 0 Å². The van der Waals surface area contributed by atoms with Crippen molar-refractivity contribution in [1.82, 2.24) is 30.0 Å². The predicted molar refractivity (Wildman–Crippen MR) is 141 cm³/mol. The van der Waals surface area contributed by atoms with Gasteiger partial charge >= 0.3 is 0 Å². The first-order valence-electron chi connectivity index (χ1n) is 12.5. The first-order valence-corrected chi connectivity index (χ1v) is 12.5. The highest BCUT2D eigenvalue weighted by molar-refractivity contribution is 5.95. The summed E-state index contributed by atoms with van der Waals surface area (Å²) in [6, 6.07) is 8.60. The van der Waals surface area contributed by atoms with Crippen molar-refractivity contribution < 1.29 is 14.7 Å². The number of rotatable bonds is 7. The molecule has 1 atom stereocenters. The van der Waals surface area contributed by atoms with Gasteiger partial charge in [0.15, 0.2) is 0 Å². The molecule has 1 saturated heterocycles. The molecule has 0 bridgehead atoms. The van der Waals surface area contributed by atoms with Gasteiger partial charge in [-0.05, 0) is 58.2 Å². The van der Waals surface area contributed by atoms with E-state index in [0.29, 0.717) is 24.6 Å². The molecular weight excluding hydrogens is 484 g/mol. The zero-order chi connectivity index (χ0) is 27.4. The van der Waals surface area contributed by atoms with Gasteiger partial charge in [-0.1, -0.05) is 12.1 Å². The molecule has 3 heterocycles. The predicted octanol–water partition coefficient (Wildman–Crippen LogP) is 2.97. The van der Waals surface area contributed by atoms with Crippen molar-refractivity contribution in [1.29, 1.82) is 5.26 Å². The summed E-state index contributed by atoms with van der Waals surface area (Å²) in [6.45, 7) is 7.70. The number of likely N-dealkylation sites (tertiary alicyclic amines) is 1. The van der Waals surface area contributed by atoms with Crippen molar-refractivity contribution in [2.24, 2.45) is 0 Å². The van der Waals surface area contributed by atoms with E-state index in [0.717, 1.165) is 35.3 Å². The lowest BCUT2D eigenvalue weighted by atomic mass is 10.0. The lowest BCUT2D eigenvalue weighted by Gasteiger charge is -2.35. The molecular formula is C27H32N8O3. The van der Waals surface area contributed by atoms with Crippen molar-refractivity contribution in [3.8, 4) is 17.3 Å². The molecule has 0 saturated carbocycles. The number of aliphatic hydroxyl groups is 1. The summed E-state index contributed by atoms with van der Waals surface area (Å²) in [5.41, 5.74) is 2.29. The highest BCUT2D eigenvalue weighted by Gasteiger charge is 2.32. The van der Waals surface area contributed by atoms with E-state index in [9.17, 15) is 14.7 Å². The maximum Gasteiger partial charge on any atom is 0.253 e. The quantitative estimate of drug-likeness (QED) is 0.434. The fourth-order valence-corrected chi connectivity index (χ4v) is 4.34. The number of benzene rings is 1. The van der Waals surface area contributed by atoms with E-state index >= 15 is 0 Å². The zero-order valence-corrected chi connectivity index (χ0v) is 22.0. The van der Waals surface area contributed by atoms with Gasteiger partial charge in [0.05, 0.1) is 29.7 Å². The van der Waals surface area contributed by atoms with Crippen LogP contribution in [0.15, 0.2) is 42.9 Å². The molecule has 1 fully saturated rings. The molecule has 1 aromatic carbocycles. The Morgan fingerprint density at radius 1 is 1.18 bits per heavy atom. The van der Waals surface area contributed by atoms with E-state index in [-0.39, 0.29) is 17.9 Å². The van der Waals surface area contributed by atoms with E-state index in [1.807, 2.05) is 36.0 Å². The van der Waals surface area contributed by atoms with Crippen molar-refractivity contribution in [2.45, 2.75) is 58.2 Å². The van der Waals surface area contributed by atoms with Gasteiger partial charge in [0.1, 0.15) is 11.6 Å². The SMILES string of the molecule is Cc1cnc(Nc2cnn(C3CCN(C(=O)C(C)(C)O)CC3)c2)nc1-c1ccc(C(=O)N[C@H](C)C#N)cc1.